The van der Waals surface area contributed by atoms with Gasteiger partial charge in [0.25, 0.3) is 11.8 Å². The molecular formula is C20H15BrN6O3. The Balaban J connectivity index is 1.36. The number of aromatic nitrogens is 2. The number of benzene rings is 2. The van der Waals surface area contributed by atoms with Crippen LogP contribution in [0.1, 0.15) is 11.5 Å². The van der Waals surface area contributed by atoms with Crippen molar-refractivity contribution in [2.24, 2.45) is 10.3 Å². The summed E-state index contributed by atoms with van der Waals surface area (Å²) in [6.45, 7) is 2.06. The van der Waals surface area contributed by atoms with E-state index in [1.807, 2.05) is 31.2 Å². The molecule has 30 heavy (non-hydrogen) atoms. The fourth-order valence-corrected chi connectivity index (χ4v) is 3.82. The van der Waals surface area contributed by atoms with Crippen LogP contribution in [0.3, 0.4) is 0 Å². The van der Waals surface area contributed by atoms with E-state index in [2.05, 4.69) is 36.4 Å². The van der Waals surface area contributed by atoms with Crippen molar-refractivity contribution >= 4 is 33.4 Å². The maximum absolute atomic E-state index is 13.0. The summed E-state index contributed by atoms with van der Waals surface area (Å²) in [5, 5.41) is 13.5. The number of carbonyl (C=O) groups excluding carboxylic acids is 2. The van der Waals surface area contributed by atoms with Crippen molar-refractivity contribution in [2.45, 2.75) is 25.6 Å². The number of amides is 2. The monoisotopic (exact) mass is 466 g/mol. The Morgan fingerprint density at radius 1 is 1.10 bits per heavy atom. The quantitative estimate of drug-likeness (QED) is 0.546. The summed E-state index contributed by atoms with van der Waals surface area (Å²) in [4.78, 5) is 31.3. The summed E-state index contributed by atoms with van der Waals surface area (Å²) in [5.74, 6) is -0.0413. The van der Waals surface area contributed by atoms with E-state index >= 15 is 0 Å². The van der Waals surface area contributed by atoms with Crippen molar-refractivity contribution < 1.29 is 14.1 Å². The SMILES string of the molecule is Cc1cccc(-c2noc(CN3N=N[C@@H]4C(=O)N(c5ccc(Br)cc5)C(=O)[C@H]43)n2)c1. The van der Waals surface area contributed by atoms with Crippen LogP contribution in [0, 0.1) is 6.92 Å². The highest BCUT2D eigenvalue weighted by atomic mass is 79.9. The molecule has 2 atom stereocenters. The van der Waals surface area contributed by atoms with Crippen LogP contribution < -0.4 is 4.90 Å². The molecule has 2 aromatic carbocycles. The lowest BCUT2D eigenvalue weighted by Gasteiger charge is -2.19. The molecule has 2 amide bonds. The molecule has 5 rings (SSSR count). The third-order valence-corrected chi connectivity index (χ3v) is 5.51. The van der Waals surface area contributed by atoms with Crippen LogP contribution in [-0.2, 0) is 16.1 Å². The van der Waals surface area contributed by atoms with Gasteiger partial charge in [-0.15, -0.1) is 0 Å². The van der Waals surface area contributed by atoms with E-state index in [4.69, 9.17) is 4.52 Å². The van der Waals surface area contributed by atoms with Crippen molar-refractivity contribution in [3.63, 3.8) is 0 Å². The first kappa shape index (κ1) is 18.6. The number of carbonyl (C=O) groups is 2. The van der Waals surface area contributed by atoms with Crippen LogP contribution in [0.5, 0.6) is 0 Å². The lowest BCUT2D eigenvalue weighted by atomic mass is 10.1. The van der Waals surface area contributed by atoms with E-state index in [0.717, 1.165) is 20.5 Å². The Bertz CT molecular complexity index is 1180. The lowest BCUT2D eigenvalue weighted by Crippen LogP contribution is -2.39. The first-order chi connectivity index (χ1) is 14.5. The Hall–Kier alpha value is -3.40. The minimum Gasteiger partial charge on any atom is -0.337 e. The minimum atomic E-state index is -0.875. The summed E-state index contributed by atoms with van der Waals surface area (Å²) in [7, 11) is 0. The Morgan fingerprint density at radius 2 is 1.90 bits per heavy atom. The predicted molar refractivity (Wildman–Crippen MR) is 109 cm³/mol. The molecule has 9 nitrogen and oxygen atoms in total. The zero-order valence-corrected chi connectivity index (χ0v) is 17.4. The highest BCUT2D eigenvalue weighted by molar-refractivity contribution is 9.10. The molecule has 0 saturated carbocycles. The van der Waals surface area contributed by atoms with Gasteiger partial charge in [-0.25, -0.2) is 4.90 Å². The number of nitrogens with zero attached hydrogens (tertiary/aromatic N) is 6. The second-order valence-electron chi connectivity index (χ2n) is 7.06. The number of hydrogen-bond acceptors (Lipinski definition) is 8. The zero-order chi connectivity index (χ0) is 20.8. The first-order valence-corrected chi connectivity index (χ1v) is 10.0. The van der Waals surface area contributed by atoms with E-state index in [9.17, 15) is 9.59 Å². The number of anilines is 1. The van der Waals surface area contributed by atoms with E-state index in [0.29, 0.717) is 11.5 Å². The van der Waals surface area contributed by atoms with Gasteiger partial charge >= 0.3 is 0 Å². The molecule has 150 valence electrons. The van der Waals surface area contributed by atoms with Crippen LogP contribution in [0.25, 0.3) is 11.4 Å². The molecule has 1 saturated heterocycles. The van der Waals surface area contributed by atoms with Crippen LogP contribution in [0.2, 0.25) is 0 Å². The summed E-state index contributed by atoms with van der Waals surface area (Å²) < 4.78 is 6.19. The molecular weight excluding hydrogens is 452 g/mol. The molecule has 10 heteroatoms. The number of aryl methyl sites for hydroxylation is 1. The van der Waals surface area contributed by atoms with Crippen LogP contribution in [-0.4, -0.2) is 39.0 Å². The van der Waals surface area contributed by atoms with Crippen LogP contribution in [0.15, 0.2) is 67.9 Å². The van der Waals surface area contributed by atoms with E-state index < -0.39 is 18.0 Å². The largest absolute Gasteiger partial charge is 0.337 e. The number of imide groups is 1. The summed E-state index contributed by atoms with van der Waals surface area (Å²) in [6.07, 6.45) is 0. The molecule has 0 spiro atoms. The fraction of sp³-hybridized carbons (Fsp3) is 0.200. The molecule has 1 aromatic heterocycles. The number of rotatable bonds is 4. The van der Waals surface area contributed by atoms with E-state index in [1.54, 1.807) is 24.3 Å². The smallest absolute Gasteiger partial charge is 0.263 e. The number of fused-ring (bicyclic) bond motifs is 1. The molecule has 2 aliphatic rings. The van der Waals surface area contributed by atoms with Gasteiger partial charge in [0.05, 0.1) is 5.69 Å². The lowest BCUT2D eigenvalue weighted by molar-refractivity contribution is -0.123. The summed E-state index contributed by atoms with van der Waals surface area (Å²) in [5.41, 5.74) is 2.41. The molecule has 3 aromatic rings. The third kappa shape index (κ3) is 3.09. The number of hydrogen-bond donors (Lipinski definition) is 0. The van der Waals surface area contributed by atoms with Gasteiger partial charge in [-0.1, -0.05) is 50.1 Å². The van der Waals surface area contributed by atoms with Gasteiger partial charge in [0.2, 0.25) is 11.7 Å². The molecule has 1 fully saturated rings. The van der Waals surface area contributed by atoms with Crippen molar-refractivity contribution in [2.75, 3.05) is 4.90 Å². The van der Waals surface area contributed by atoms with Gasteiger partial charge in [0.15, 0.2) is 12.1 Å². The zero-order valence-electron chi connectivity index (χ0n) is 15.8. The summed E-state index contributed by atoms with van der Waals surface area (Å²) >= 11 is 3.35. The van der Waals surface area contributed by atoms with E-state index in [1.165, 1.54) is 5.01 Å². The molecule has 0 bridgehead atoms. The highest BCUT2D eigenvalue weighted by Gasteiger charge is 2.55. The third-order valence-electron chi connectivity index (χ3n) is 4.98. The Kier molecular flexibility index (Phi) is 4.43. The van der Waals surface area contributed by atoms with Gasteiger partial charge in [-0.05, 0) is 37.3 Å². The molecule has 0 aliphatic carbocycles. The Morgan fingerprint density at radius 3 is 2.67 bits per heavy atom. The first-order valence-electron chi connectivity index (χ1n) is 9.22. The topological polar surface area (TPSA) is 104 Å². The highest BCUT2D eigenvalue weighted by Crippen LogP contribution is 2.33. The average molecular weight is 467 g/mol. The van der Waals surface area contributed by atoms with Crippen LogP contribution >= 0.6 is 15.9 Å². The second kappa shape index (κ2) is 7.13. The van der Waals surface area contributed by atoms with Gasteiger partial charge in [-0.2, -0.15) is 10.1 Å². The fourth-order valence-electron chi connectivity index (χ4n) is 3.56. The van der Waals surface area contributed by atoms with Crippen molar-refractivity contribution in [1.82, 2.24) is 15.1 Å². The van der Waals surface area contributed by atoms with Gasteiger partial charge in [0.1, 0.15) is 6.54 Å². The van der Waals surface area contributed by atoms with Crippen molar-refractivity contribution in [1.29, 1.82) is 0 Å². The normalized spacial score (nSPS) is 20.3. The standard InChI is InChI=1S/C20H15BrN6O3/c1-11-3-2-4-12(9-11)18-22-15(30-24-18)10-26-17-16(23-25-26)19(28)27(20(17)29)14-7-5-13(21)6-8-14/h2-9,16-17H,10H2,1H3/t16-,17-/m0/s1. The van der Waals surface area contributed by atoms with Crippen molar-refractivity contribution in [3.05, 3.63) is 64.5 Å². The summed E-state index contributed by atoms with van der Waals surface area (Å²) in [6, 6.07) is 13.0. The van der Waals surface area contributed by atoms with Crippen LogP contribution in [0.4, 0.5) is 5.69 Å². The molecule has 0 radical (unpaired) electrons. The van der Waals surface area contributed by atoms with Crippen molar-refractivity contribution in [3.8, 4) is 11.4 Å². The maximum Gasteiger partial charge on any atom is 0.263 e. The predicted octanol–water partition coefficient (Wildman–Crippen LogP) is 3.30. The molecule has 3 heterocycles. The second-order valence-corrected chi connectivity index (χ2v) is 7.98. The molecule has 0 unspecified atom stereocenters. The molecule has 2 aliphatic heterocycles. The number of halogens is 1. The van der Waals surface area contributed by atoms with E-state index in [-0.39, 0.29) is 18.3 Å². The van der Waals surface area contributed by atoms with Gasteiger partial charge in [0, 0.05) is 10.0 Å². The Labute approximate surface area is 179 Å². The maximum atomic E-state index is 13.0. The van der Waals surface area contributed by atoms with Gasteiger partial charge < -0.3 is 4.52 Å². The minimum absolute atomic E-state index is 0.0800. The molecule has 0 N–H and O–H groups in total. The average Bonchev–Trinajstić information content (AvgIpc) is 3.42. The van der Waals surface area contributed by atoms with Gasteiger partial charge in [-0.3, -0.25) is 14.6 Å².